The van der Waals surface area contributed by atoms with Gasteiger partial charge >= 0.3 is 0 Å². The second-order valence-electron chi connectivity index (χ2n) is 4.51. The predicted molar refractivity (Wildman–Crippen MR) is 79.2 cm³/mol. The summed E-state index contributed by atoms with van der Waals surface area (Å²) in [5.74, 6) is 0.697. The Morgan fingerprint density at radius 2 is 1.90 bits per heavy atom. The van der Waals surface area contributed by atoms with Crippen LogP contribution in [0.3, 0.4) is 0 Å². The highest BCUT2D eigenvalue weighted by Gasteiger charge is 2.13. The average molecular weight is 292 g/mol. The molecule has 20 heavy (non-hydrogen) atoms. The number of anilines is 1. The molecule has 0 bridgehead atoms. The molecule has 0 aliphatic rings. The number of hydrogen-bond acceptors (Lipinski definition) is 4. The van der Waals surface area contributed by atoms with Crippen molar-refractivity contribution in [1.29, 1.82) is 0 Å². The van der Waals surface area contributed by atoms with Crippen molar-refractivity contribution in [3.63, 3.8) is 0 Å². The fraction of sp³-hybridized carbons (Fsp3) is 0.214. The molecule has 5 nitrogen and oxygen atoms in total. The van der Waals surface area contributed by atoms with E-state index in [0.717, 1.165) is 5.56 Å². The number of nitro groups is 1. The van der Waals surface area contributed by atoms with Crippen molar-refractivity contribution in [2.45, 2.75) is 13.5 Å². The molecule has 0 atom stereocenters. The quantitative estimate of drug-likeness (QED) is 0.638. The first kappa shape index (κ1) is 14.3. The Kier molecular flexibility index (Phi) is 4.20. The second-order valence-corrected chi connectivity index (χ2v) is 4.95. The first-order valence-corrected chi connectivity index (χ1v) is 6.43. The largest absolute Gasteiger partial charge is 0.355 e. The number of pyridine rings is 1. The maximum Gasteiger partial charge on any atom is 0.290 e. The molecule has 0 saturated heterocycles. The lowest BCUT2D eigenvalue weighted by molar-refractivity contribution is -0.385. The monoisotopic (exact) mass is 291 g/mol. The number of hydrogen-bond donors (Lipinski definition) is 0. The smallest absolute Gasteiger partial charge is 0.290 e. The molecule has 0 fully saturated rings. The van der Waals surface area contributed by atoms with Gasteiger partial charge in [-0.05, 0) is 30.7 Å². The fourth-order valence-electron chi connectivity index (χ4n) is 1.89. The molecule has 0 N–H and O–H groups in total. The third kappa shape index (κ3) is 3.24. The number of benzene rings is 1. The van der Waals surface area contributed by atoms with E-state index in [-0.39, 0.29) is 5.69 Å². The lowest BCUT2D eigenvalue weighted by Gasteiger charge is -2.18. The number of aromatic nitrogens is 1. The average Bonchev–Trinajstić information content (AvgIpc) is 2.40. The van der Waals surface area contributed by atoms with Crippen molar-refractivity contribution in [2.24, 2.45) is 0 Å². The van der Waals surface area contributed by atoms with Gasteiger partial charge in [0.25, 0.3) is 5.69 Å². The topological polar surface area (TPSA) is 59.3 Å². The van der Waals surface area contributed by atoms with Crippen LogP contribution < -0.4 is 4.90 Å². The first-order chi connectivity index (χ1) is 9.47. The Bertz CT molecular complexity index is 629. The van der Waals surface area contributed by atoms with Gasteiger partial charge in [0.2, 0.25) is 0 Å². The normalized spacial score (nSPS) is 10.3. The lowest BCUT2D eigenvalue weighted by Crippen LogP contribution is -2.18. The second kappa shape index (κ2) is 5.88. The van der Waals surface area contributed by atoms with Gasteiger partial charge in [-0.2, -0.15) is 0 Å². The van der Waals surface area contributed by atoms with E-state index in [1.807, 2.05) is 36.2 Å². The molecule has 0 saturated carbocycles. The zero-order valence-corrected chi connectivity index (χ0v) is 12.0. The van der Waals surface area contributed by atoms with Crippen LogP contribution in [0.15, 0.2) is 36.4 Å². The van der Waals surface area contributed by atoms with Gasteiger partial charge in [-0.1, -0.05) is 23.7 Å². The zero-order chi connectivity index (χ0) is 14.7. The van der Waals surface area contributed by atoms with Crippen LogP contribution in [0, 0.1) is 17.0 Å². The van der Waals surface area contributed by atoms with Gasteiger partial charge in [0.05, 0.1) is 4.92 Å². The SMILES string of the molecule is Cc1nc(N(C)Cc2ccc(Cl)cc2)ccc1[N+](=O)[O-]. The summed E-state index contributed by atoms with van der Waals surface area (Å²) in [7, 11) is 1.89. The summed E-state index contributed by atoms with van der Waals surface area (Å²) < 4.78 is 0. The van der Waals surface area contributed by atoms with E-state index in [0.29, 0.717) is 23.1 Å². The van der Waals surface area contributed by atoms with Gasteiger partial charge in [-0.3, -0.25) is 10.1 Å². The van der Waals surface area contributed by atoms with Crippen LogP contribution in [0.1, 0.15) is 11.3 Å². The minimum absolute atomic E-state index is 0.0358. The standard InChI is InChI=1S/C14H14ClN3O2/c1-10-13(18(19)20)7-8-14(16-10)17(2)9-11-3-5-12(15)6-4-11/h3-8H,9H2,1-2H3. The highest BCUT2D eigenvalue weighted by Crippen LogP contribution is 2.21. The molecular formula is C14H14ClN3O2. The number of aryl methyl sites for hydroxylation is 1. The molecule has 0 unspecified atom stereocenters. The Labute approximate surface area is 122 Å². The van der Waals surface area contributed by atoms with Crippen LogP contribution in [0.5, 0.6) is 0 Å². The van der Waals surface area contributed by atoms with E-state index >= 15 is 0 Å². The highest BCUT2D eigenvalue weighted by atomic mass is 35.5. The molecule has 0 amide bonds. The molecule has 2 rings (SSSR count). The van der Waals surface area contributed by atoms with Gasteiger partial charge in [0, 0.05) is 24.7 Å². The Hall–Kier alpha value is -2.14. The molecule has 0 radical (unpaired) electrons. The van der Waals surface area contributed by atoms with Crippen molar-refractivity contribution in [1.82, 2.24) is 4.98 Å². The van der Waals surface area contributed by atoms with E-state index in [1.54, 1.807) is 13.0 Å². The first-order valence-electron chi connectivity index (χ1n) is 6.05. The molecular weight excluding hydrogens is 278 g/mol. The van der Waals surface area contributed by atoms with Gasteiger partial charge in [0.15, 0.2) is 0 Å². The van der Waals surface area contributed by atoms with E-state index in [9.17, 15) is 10.1 Å². The van der Waals surface area contributed by atoms with Crippen LogP contribution in [-0.4, -0.2) is 17.0 Å². The molecule has 1 heterocycles. The van der Waals surface area contributed by atoms with E-state index in [1.165, 1.54) is 6.07 Å². The molecule has 1 aromatic carbocycles. The van der Waals surface area contributed by atoms with E-state index in [4.69, 9.17) is 11.6 Å². The lowest BCUT2D eigenvalue weighted by atomic mass is 10.2. The Balaban J connectivity index is 2.17. The van der Waals surface area contributed by atoms with E-state index in [2.05, 4.69) is 4.98 Å². The van der Waals surface area contributed by atoms with Crippen molar-refractivity contribution >= 4 is 23.1 Å². The summed E-state index contributed by atoms with van der Waals surface area (Å²) in [5.41, 5.74) is 1.54. The Morgan fingerprint density at radius 3 is 2.45 bits per heavy atom. The summed E-state index contributed by atoms with van der Waals surface area (Å²) in [6, 6.07) is 10.7. The van der Waals surface area contributed by atoms with Gasteiger partial charge in [-0.25, -0.2) is 4.98 Å². The minimum Gasteiger partial charge on any atom is -0.355 e. The van der Waals surface area contributed by atoms with Crippen molar-refractivity contribution in [2.75, 3.05) is 11.9 Å². The maximum atomic E-state index is 10.8. The maximum absolute atomic E-state index is 10.8. The molecule has 1 aromatic heterocycles. The fourth-order valence-corrected chi connectivity index (χ4v) is 2.02. The van der Waals surface area contributed by atoms with Crippen LogP contribution in [0.4, 0.5) is 11.5 Å². The minimum atomic E-state index is -0.425. The van der Waals surface area contributed by atoms with Crippen molar-refractivity contribution < 1.29 is 4.92 Å². The van der Waals surface area contributed by atoms with Crippen LogP contribution in [-0.2, 0) is 6.54 Å². The predicted octanol–water partition coefficient (Wildman–Crippen LogP) is 3.59. The van der Waals surface area contributed by atoms with Gasteiger partial charge in [0.1, 0.15) is 11.5 Å². The van der Waals surface area contributed by atoms with Crippen LogP contribution in [0.2, 0.25) is 5.02 Å². The number of rotatable bonds is 4. The summed E-state index contributed by atoms with van der Waals surface area (Å²) in [4.78, 5) is 16.5. The summed E-state index contributed by atoms with van der Waals surface area (Å²) in [6.07, 6.45) is 0. The molecule has 6 heteroatoms. The van der Waals surface area contributed by atoms with Gasteiger partial charge in [-0.15, -0.1) is 0 Å². The van der Waals surface area contributed by atoms with Crippen LogP contribution in [0.25, 0.3) is 0 Å². The van der Waals surface area contributed by atoms with Crippen LogP contribution >= 0.6 is 11.6 Å². The van der Waals surface area contributed by atoms with Crippen molar-refractivity contribution in [3.05, 3.63) is 62.8 Å². The third-order valence-electron chi connectivity index (χ3n) is 2.96. The highest BCUT2D eigenvalue weighted by molar-refractivity contribution is 6.30. The summed E-state index contributed by atoms with van der Waals surface area (Å²) in [6.45, 7) is 2.29. The van der Waals surface area contributed by atoms with Gasteiger partial charge < -0.3 is 4.90 Å². The molecule has 2 aromatic rings. The molecule has 104 valence electrons. The molecule has 0 spiro atoms. The summed E-state index contributed by atoms with van der Waals surface area (Å²) in [5, 5.41) is 11.5. The number of halogens is 1. The van der Waals surface area contributed by atoms with Crippen molar-refractivity contribution in [3.8, 4) is 0 Å². The summed E-state index contributed by atoms with van der Waals surface area (Å²) >= 11 is 5.84. The molecule has 0 aliphatic heterocycles. The zero-order valence-electron chi connectivity index (χ0n) is 11.2. The molecule has 0 aliphatic carbocycles. The number of nitrogens with zero attached hydrogens (tertiary/aromatic N) is 3. The Morgan fingerprint density at radius 1 is 1.25 bits per heavy atom. The third-order valence-corrected chi connectivity index (χ3v) is 3.22. The van der Waals surface area contributed by atoms with E-state index < -0.39 is 4.92 Å².